The van der Waals surface area contributed by atoms with Crippen LogP contribution in [0.4, 0.5) is 5.82 Å². The van der Waals surface area contributed by atoms with E-state index in [0.29, 0.717) is 5.75 Å². The molecule has 2 aliphatic rings. The number of aromatic nitrogens is 5. The van der Waals surface area contributed by atoms with Crippen molar-refractivity contribution in [3.8, 4) is 0 Å². The molecular formula is C21H33N7O9S. The molecular weight excluding hydrogens is 526 g/mol. The van der Waals surface area contributed by atoms with Crippen LogP contribution in [0.25, 0.3) is 11.2 Å². The standard InChI is InChI=1S/C21H33N7O9S/c1-2-7-38-21-22-19-14(24-25-27(19)10-8-12(36-5-3-29)17(33)15(10)31)20(23-21)28(26-35)11-9-13(37-6-4-30)18(34)16(11)32/h10-13,15-18,29-34H,2-9H2,1H3/t10-,11-,12+,13+,15+,16+,17-,18-/m1/s1. The highest BCUT2D eigenvalue weighted by molar-refractivity contribution is 7.99. The van der Waals surface area contributed by atoms with Crippen LogP contribution in [0.15, 0.2) is 10.4 Å². The number of ether oxygens (including phenoxy) is 2. The van der Waals surface area contributed by atoms with E-state index < -0.39 is 48.7 Å². The van der Waals surface area contributed by atoms with E-state index in [1.165, 1.54) is 16.4 Å². The summed E-state index contributed by atoms with van der Waals surface area (Å²) in [6.45, 7) is 1.39. The highest BCUT2D eigenvalue weighted by Crippen LogP contribution is 2.37. The molecule has 2 aromatic heterocycles. The second kappa shape index (κ2) is 12.8. The zero-order chi connectivity index (χ0) is 27.4. The molecule has 0 aliphatic heterocycles. The van der Waals surface area contributed by atoms with Gasteiger partial charge < -0.3 is 40.1 Å². The van der Waals surface area contributed by atoms with E-state index in [1.54, 1.807) is 0 Å². The van der Waals surface area contributed by atoms with Crippen LogP contribution in [0.1, 0.15) is 32.2 Å². The molecule has 0 radical (unpaired) electrons. The first-order valence-electron chi connectivity index (χ1n) is 12.4. The normalized spacial score (nSPS) is 31.3. The van der Waals surface area contributed by atoms with E-state index in [4.69, 9.17) is 19.7 Å². The summed E-state index contributed by atoms with van der Waals surface area (Å²) in [7, 11) is 0. The summed E-state index contributed by atoms with van der Waals surface area (Å²) in [5.74, 6) is 0.611. The number of nitroso groups, excluding NO2 is 1. The van der Waals surface area contributed by atoms with Crippen LogP contribution in [-0.2, 0) is 9.47 Å². The SMILES string of the molecule is CCCSc1nc(N(N=O)[C@@H]2C[C@H](OCCO)[C@@H](O)[C@H]2O)c2nnn([C@@H]3C[C@H](OCCO)[C@@H](O)[C@H]3O)c2n1. The Hall–Kier alpha value is -2.09. The van der Waals surface area contributed by atoms with E-state index in [-0.39, 0.29) is 61.4 Å². The third kappa shape index (κ3) is 5.61. The highest BCUT2D eigenvalue weighted by atomic mass is 32.2. The molecule has 38 heavy (non-hydrogen) atoms. The van der Waals surface area contributed by atoms with Crippen LogP contribution in [0, 0.1) is 4.91 Å². The summed E-state index contributed by atoms with van der Waals surface area (Å²) in [5, 5.41) is 73.0. The second-order valence-corrected chi connectivity index (χ2v) is 10.2. The maximum absolute atomic E-state index is 12.1. The van der Waals surface area contributed by atoms with Gasteiger partial charge in [-0.2, -0.15) is 0 Å². The fourth-order valence-electron chi connectivity index (χ4n) is 4.85. The van der Waals surface area contributed by atoms with Gasteiger partial charge in [-0.1, -0.05) is 23.9 Å². The molecule has 0 aromatic carbocycles. The third-order valence-corrected chi connectivity index (χ3v) is 7.75. The lowest BCUT2D eigenvalue weighted by molar-refractivity contribution is -0.0629. The largest absolute Gasteiger partial charge is 0.394 e. The molecule has 0 spiro atoms. The van der Waals surface area contributed by atoms with Gasteiger partial charge in [-0.05, 0) is 6.42 Å². The Kier molecular flexibility index (Phi) is 9.77. The zero-order valence-corrected chi connectivity index (χ0v) is 21.5. The lowest BCUT2D eigenvalue weighted by Gasteiger charge is -2.24. The van der Waals surface area contributed by atoms with Crippen molar-refractivity contribution in [2.24, 2.45) is 5.29 Å². The van der Waals surface area contributed by atoms with E-state index >= 15 is 0 Å². The Morgan fingerprint density at radius 1 is 1.00 bits per heavy atom. The van der Waals surface area contributed by atoms with Gasteiger partial charge in [-0.3, -0.25) is 0 Å². The van der Waals surface area contributed by atoms with E-state index in [9.17, 15) is 25.3 Å². The topological polar surface area (TPSA) is 229 Å². The Labute approximate surface area is 221 Å². The molecule has 0 amide bonds. The van der Waals surface area contributed by atoms with E-state index in [2.05, 4.69) is 25.6 Å². The van der Waals surface area contributed by atoms with Crippen molar-refractivity contribution in [2.75, 3.05) is 37.2 Å². The van der Waals surface area contributed by atoms with Gasteiger partial charge >= 0.3 is 0 Å². The van der Waals surface area contributed by atoms with Crippen LogP contribution < -0.4 is 5.01 Å². The molecule has 8 atom stereocenters. The molecule has 2 fully saturated rings. The van der Waals surface area contributed by atoms with Gasteiger partial charge in [0.15, 0.2) is 22.1 Å². The first-order chi connectivity index (χ1) is 18.4. The lowest BCUT2D eigenvalue weighted by atomic mass is 10.2. The maximum Gasteiger partial charge on any atom is 0.191 e. The number of thioether (sulfide) groups is 1. The average molecular weight is 560 g/mol. The Balaban J connectivity index is 1.72. The summed E-state index contributed by atoms with van der Waals surface area (Å²) in [4.78, 5) is 21.1. The number of aliphatic hydroxyl groups is 6. The molecule has 2 saturated carbocycles. The summed E-state index contributed by atoms with van der Waals surface area (Å²) >= 11 is 1.31. The van der Waals surface area contributed by atoms with Crippen LogP contribution in [0.2, 0.25) is 0 Å². The first-order valence-corrected chi connectivity index (χ1v) is 13.4. The van der Waals surface area contributed by atoms with Crippen molar-refractivity contribution in [1.82, 2.24) is 25.0 Å². The number of aliphatic hydroxyl groups excluding tert-OH is 6. The highest BCUT2D eigenvalue weighted by Gasteiger charge is 2.48. The van der Waals surface area contributed by atoms with Crippen molar-refractivity contribution in [1.29, 1.82) is 0 Å². The molecule has 2 aromatic rings. The minimum atomic E-state index is -1.42. The Morgan fingerprint density at radius 2 is 1.66 bits per heavy atom. The molecule has 4 rings (SSSR count). The van der Waals surface area contributed by atoms with Crippen molar-refractivity contribution in [3.63, 3.8) is 0 Å². The number of fused-ring (bicyclic) bond motifs is 1. The predicted molar refractivity (Wildman–Crippen MR) is 132 cm³/mol. The number of hydrogen-bond acceptors (Lipinski definition) is 15. The summed E-state index contributed by atoms with van der Waals surface area (Å²) in [6, 6.07) is -1.80. The Morgan fingerprint density at radius 3 is 2.29 bits per heavy atom. The smallest absolute Gasteiger partial charge is 0.191 e. The van der Waals surface area contributed by atoms with Crippen LogP contribution >= 0.6 is 11.8 Å². The fourth-order valence-corrected chi connectivity index (χ4v) is 5.54. The molecule has 212 valence electrons. The number of anilines is 1. The maximum atomic E-state index is 12.1. The zero-order valence-electron chi connectivity index (χ0n) is 20.7. The van der Waals surface area contributed by atoms with Gasteiger partial charge in [0, 0.05) is 18.6 Å². The Bertz CT molecular complexity index is 1080. The van der Waals surface area contributed by atoms with Gasteiger partial charge in [-0.25, -0.2) is 19.7 Å². The average Bonchev–Trinajstić information content (AvgIpc) is 3.55. The molecule has 2 heterocycles. The first kappa shape index (κ1) is 28.9. The predicted octanol–water partition coefficient (Wildman–Crippen LogP) is -1.87. The van der Waals surface area contributed by atoms with Crippen LogP contribution in [-0.4, -0.2) is 130 Å². The van der Waals surface area contributed by atoms with Crippen LogP contribution in [0.3, 0.4) is 0 Å². The van der Waals surface area contributed by atoms with Gasteiger partial charge in [0.05, 0.1) is 56.0 Å². The van der Waals surface area contributed by atoms with Gasteiger partial charge in [0.25, 0.3) is 0 Å². The van der Waals surface area contributed by atoms with Crippen LogP contribution in [0.5, 0.6) is 0 Å². The second-order valence-electron chi connectivity index (χ2n) is 9.14. The van der Waals surface area contributed by atoms with Crippen molar-refractivity contribution >= 4 is 28.7 Å². The molecule has 0 bridgehead atoms. The monoisotopic (exact) mass is 559 g/mol. The fraction of sp³-hybridized carbons (Fsp3) is 0.810. The number of rotatable bonds is 13. The van der Waals surface area contributed by atoms with E-state index in [1.807, 2.05) is 6.92 Å². The number of hydrogen-bond donors (Lipinski definition) is 6. The van der Waals surface area contributed by atoms with E-state index in [0.717, 1.165) is 11.4 Å². The van der Waals surface area contributed by atoms with Gasteiger partial charge in [0.2, 0.25) is 0 Å². The molecule has 0 saturated heterocycles. The summed E-state index contributed by atoms with van der Waals surface area (Å²) in [6.07, 6.45) is -5.88. The molecule has 2 aliphatic carbocycles. The summed E-state index contributed by atoms with van der Waals surface area (Å²) in [5.41, 5.74) is 0.232. The minimum absolute atomic E-state index is 0.0120. The van der Waals surface area contributed by atoms with Gasteiger partial charge in [-0.15, -0.1) is 10.0 Å². The van der Waals surface area contributed by atoms with Crippen molar-refractivity contribution in [3.05, 3.63) is 4.91 Å². The third-order valence-electron chi connectivity index (χ3n) is 6.70. The molecule has 16 nitrogen and oxygen atoms in total. The number of nitrogens with zero attached hydrogens (tertiary/aromatic N) is 7. The lowest BCUT2D eigenvalue weighted by Crippen LogP contribution is -2.41. The minimum Gasteiger partial charge on any atom is -0.394 e. The van der Waals surface area contributed by atoms with Crippen molar-refractivity contribution < 1.29 is 40.1 Å². The quantitative estimate of drug-likeness (QED) is 0.0683. The molecule has 17 heteroatoms. The molecule has 0 unspecified atom stereocenters. The summed E-state index contributed by atoms with van der Waals surface area (Å²) < 4.78 is 12.2. The van der Waals surface area contributed by atoms with Crippen molar-refractivity contribution in [2.45, 2.75) is 80.1 Å². The van der Waals surface area contributed by atoms with Gasteiger partial charge in [0.1, 0.15) is 24.4 Å². The molecule has 6 N–H and O–H groups in total.